The smallest absolute Gasteiger partial charge is 0.254 e. The van der Waals surface area contributed by atoms with Crippen molar-refractivity contribution in [2.75, 3.05) is 5.73 Å². The summed E-state index contributed by atoms with van der Waals surface area (Å²) in [5.41, 5.74) is 9.54. The quantitative estimate of drug-likeness (QED) is 0.857. The summed E-state index contributed by atoms with van der Waals surface area (Å²) in [5, 5.41) is 6.63. The van der Waals surface area contributed by atoms with E-state index < -0.39 is 0 Å². The first kappa shape index (κ1) is 10.6. The average Bonchev–Trinajstić information content (AvgIpc) is 3.09. The Morgan fingerprint density at radius 3 is 2.84 bits per heavy atom. The van der Waals surface area contributed by atoms with Crippen molar-refractivity contribution in [3.05, 3.63) is 35.5 Å². The van der Waals surface area contributed by atoms with Crippen molar-refractivity contribution in [2.45, 2.75) is 25.4 Å². The van der Waals surface area contributed by atoms with Crippen molar-refractivity contribution in [3.8, 4) is 11.1 Å². The highest BCUT2D eigenvalue weighted by atomic mass is 16.2. The molecule has 1 amide bonds. The molecular weight excluding hydrogens is 240 g/mol. The van der Waals surface area contributed by atoms with Crippen LogP contribution in [0.4, 0.5) is 5.82 Å². The zero-order chi connectivity index (χ0) is 13.0. The van der Waals surface area contributed by atoms with Gasteiger partial charge in [0.15, 0.2) is 0 Å². The highest BCUT2D eigenvalue weighted by Crippen LogP contribution is 2.36. The number of nitrogens with zero attached hydrogens (tertiary/aromatic N) is 2. The molecule has 0 spiro atoms. The third-order valence-electron chi connectivity index (χ3n) is 3.91. The largest absolute Gasteiger partial charge is 0.384 e. The third-order valence-corrected chi connectivity index (χ3v) is 3.91. The maximum Gasteiger partial charge on any atom is 0.254 e. The highest BCUT2D eigenvalue weighted by molar-refractivity contribution is 6.00. The van der Waals surface area contributed by atoms with Gasteiger partial charge >= 0.3 is 0 Å². The number of nitrogens with two attached hydrogens (primary N) is 1. The van der Waals surface area contributed by atoms with Gasteiger partial charge in [-0.2, -0.15) is 5.10 Å². The fraction of sp³-hybridized carbons (Fsp3) is 0.286. The first-order chi connectivity index (χ1) is 9.24. The predicted molar refractivity (Wildman–Crippen MR) is 71.3 cm³/mol. The summed E-state index contributed by atoms with van der Waals surface area (Å²) in [6.07, 6.45) is 3.97. The summed E-state index contributed by atoms with van der Waals surface area (Å²) in [7, 11) is 0. The van der Waals surface area contributed by atoms with Gasteiger partial charge in [-0.15, -0.1) is 0 Å². The zero-order valence-corrected chi connectivity index (χ0v) is 10.4. The Morgan fingerprint density at radius 2 is 2.16 bits per heavy atom. The van der Waals surface area contributed by atoms with Crippen LogP contribution in [-0.4, -0.2) is 27.0 Å². The summed E-state index contributed by atoms with van der Waals surface area (Å²) in [4.78, 5) is 14.3. The van der Waals surface area contributed by atoms with Crippen LogP contribution in [0.5, 0.6) is 0 Å². The molecule has 5 nitrogen and oxygen atoms in total. The second kappa shape index (κ2) is 3.60. The number of nitrogens with one attached hydrogen (secondary N) is 1. The summed E-state index contributed by atoms with van der Waals surface area (Å²) in [5.74, 6) is 0.686. The van der Waals surface area contributed by atoms with Crippen molar-refractivity contribution in [1.82, 2.24) is 15.1 Å². The number of carbonyl (C=O) groups is 1. The molecule has 1 aliphatic carbocycles. The van der Waals surface area contributed by atoms with E-state index in [9.17, 15) is 4.79 Å². The summed E-state index contributed by atoms with van der Waals surface area (Å²) < 4.78 is 0. The van der Waals surface area contributed by atoms with Crippen LogP contribution in [0.25, 0.3) is 11.1 Å². The van der Waals surface area contributed by atoms with E-state index in [4.69, 9.17) is 5.73 Å². The molecule has 1 aromatic carbocycles. The van der Waals surface area contributed by atoms with Gasteiger partial charge in [0.05, 0.1) is 6.20 Å². The average molecular weight is 254 g/mol. The number of amides is 1. The molecule has 4 rings (SSSR count). The number of anilines is 1. The third kappa shape index (κ3) is 1.54. The Balaban J connectivity index is 1.76. The molecule has 3 N–H and O–H groups in total. The number of fused-ring (bicyclic) bond motifs is 1. The fourth-order valence-electron chi connectivity index (χ4n) is 2.70. The minimum absolute atomic E-state index is 0.154. The molecule has 0 bridgehead atoms. The van der Waals surface area contributed by atoms with Crippen LogP contribution >= 0.6 is 0 Å². The van der Waals surface area contributed by atoms with Crippen molar-refractivity contribution in [3.63, 3.8) is 0 Å². The Labute approximate surface area is 110 Å². The standard InChI is InChI=1S/C14H14N4O/c15-13-12(6-16-17-13)8-1-2-9-7-18(10-3-4-10)14(19)11(9)5-8/h1-2,5-6,10H,3-4,7H2,(H3,15,16,17). The van der Waals surface area contributed by atoms with Crippen LogP contribution in [-0.2, 0) is 6.54 Å². The molecule has 2 heterocycles. The number of benzene rings is 1. The van der Waals surface area contributed by atoms with Crippen molar-refractivity contribution in [2.24, 2.45) is 0 Å². The van der Waals surface area contributed by atoms with E-state index in [1.54, 1.807) is 6.20 Å². The molecule has 19 heavy (non-hydrogen) atoms. The van der Waals surface area contributed by atoms with Crippen LogP contribution in [0.15, 0.2) is 24.4 Å². The van der Waals surface area contributed by atoms with Crippen molar-refractivity contribution >= 4 is 11.7 Å². The molecule has 0 unspecified atom stereocenters. The zero-order valence-electron chi connectivity index (χ0n) is 10.4. The summed E-state index contributed by atoms with van der Waals surface area (Å²) in [6, 6.07) is 6.42. The van der Waals surface area contributed by atoms with Crippen molar-refractivity contribution < 1.29 is 4.79 Å². The molecule has 1 fully saturated rings. The Morgan fingerprint density at radius 1 is 1.32 bits per heavy atom. The van der Waals surface area contributed by atoms with Gasteiger partial charge in [0, 0.05) is 23.7 Å². The van der Waals surface area contributed by atoms with E-state index in [0.717, 1.165) is 41.6 Å². The van der Waals surface area contributed by atoms with E-state index in [1.807, 2.05) is 23.1 Å². The maximum absolute atomic E-state index is 12.4. The van der Waals surface area contributed by atoms with Gasteiger partial charge in [0.25, 0.3) is 5.91 Å². The Kier molecular flexibility index (Phi) is 2.01. The molecule has 5 heteroatoms. The van der Waals surface area contributed by atoms with E-state index >= 15 is 0 Å². The van der Waals surface area contributed by atoms with E-state index in [-0.39, 0.29) is 5.91 Å². The van der Waals surface area contributed by atoms with Gasteiger partial charge in [0.1, 0.15) is 5.82 Å². The summed E-state index contributed by atoms with van der Waals surface area (Å²) in [6.45, 7) is 0.750. The van der Waals surface area contributed by atoms with E-state index in [2.05, 4.69) is 10.2 Å². The number of nitrogen functional groups attached to an aromatic ring is 1. The molecular formula is C14H14N4O. The molecule has 96 valence electrons. The Hall–Kier alpha value is -2.30. The van der Waals surface area contributed by atoms with Gasteiger partial charge in [-0.3, -0.25) is 9.89 Å². The lowest BCUT2D eigenvalue weighted by atomic mass is 10.0. The first-order valence-corrected chi connectivity index (χ1v) is 6.47. The molecule has 0 saturated heterocycles. The van der Waals surface area contributed by atoms with Crippen LogP contribution in [0.1, 0.15) is 28.8 Å². The van der Waals surface area contributed by atoms with Crippen LogP contribution in [0.2, 0.25) is 0 Å². The second-order valence-corrected chi connectivity index (χ2v) is 5.23. The molecule has 2 aromatic rings. The van der Waals surface area contributed by atoms with Gasteiger partial charge in [0.2, 0.25) is 0 Å². The van der Waals surface area contributed by atoms with Crippen LogP contribution < -0.4 is 5.73 Å². The number of hydrogen-bond acceptors (Lipinski definition) is 3. The monoisotopic (exact) mass is 254 g/mol. The predicted octanol–water partition coefficient (Wildman–Crippen LogP) is 1.78. The lowest BCUT2D eigenvalue weighted by molar-refractivity contribution is 0.0766. The minimum atomic E-state index is 0.154. The van der Waals surface area contributed by atoms with Crippen molar-refractivity contribution in [1.29, 1.82) is 0 Å². The maximum atomic E-state index is 12.4. The SMILES string of the molecule is Nc1[nH]ncc1-c1ccc2c(c1)C(=O)N(C1CC1)C2. The van der Waals surface area contributed by atoms with E-state index in [0.29, 0.717) is 11.9 Å². The minimum Gasteiger partial charge on any atom is -0.384 e. The van der Waals surface area contributed by atoms with Gasteiger partial charge < -0.3 is 10.6 Å². The molecule has 2 aliphatic rings. The van der Waals surface area contributed by atoms with Gasteiger partial charge in [-0.05, 0) is 30.0 Å². The number of H-pyrrole nitrogens is 1. The molecule has 0 atom stereocenters. The highest BCUT2D eigenvalue weighted by Gasteiger charge is 2.38. The number of hydrogen-bond donors (Lipinski definition) is 2. The number of rotatable bonds is 2. The topological polar surface area (TPSA) is 75.0 Å². The Bertz CT molecular complexity index is 672. The van der Waals surface area contributed by atoms with Gasteiger partial charge in [-0.1, -0.05) is 12.1 Å². The van der Waals surface area contributed by atoms with E-state index in [1.165, 1.54) is 0 Å². The number of aromatic amines is 1. The molecule has 1 aliphatic heterocycles. The lowest BCUT2D eigenvalue weighted by Gasteiger charge is -2.13. The fourth-order valence-corrected chi connectivity index (χ4v) is 2.70. The lowest BCUT2D eigenvalue weighted by Crippen LogP contribution is -2.25. The summed E-state index contributed by atoms with van der Waals surface area (Å²) >= 11 is 0. The molecule has 1 aromatic heterocycles. The first-order valence-electron chi connectivity index (χ1n) is 6.47. The van der Waals surface area contributed by atoms with Gasteiger partial charge in [-0.25, -0.2) is 0 Å². The molecule has 0 radical (unpaired) electrons. The number of aromatic nitrogens is 2. The normalized spacial score (nSPS) is 17.9. The van der Waals surface area contributed by atoms with Crippen LogP contribution in [0.3, 0.4) is 0 Å². The number of carbonyl (C=O) groups excluding carboxylic acids is 1. The molecule has 1 saturated carbocycles. The second-order valence-electron chi connectivity index (χ2n) is 5.23. The van der Waals surface area contributed by atoms with Crippen LogP contribution in [0, 0.1) is 0 Å².